The summed E-state index contributed by atoms with van der Waals surface area (Å²) >= 11 is 16.8. The molecule has 0 saturated heterocycles. The monoisotopic (exact) mass is 456 g/mol. The number of nitrogens with one attached hydrogen (secondary N) is 1. The molecule has 0 fully saturated rings. The fourth-order valence-corrected chi connectivity index (χ4v) is 2.99. The van der Waals surface area contributed by atoms with E-state index in [4.69, 9.17) is 44.3 Å². The lowest BCUT2D eigenvalue weighted by molar-refractivity contribution is -0.121. The van der Waals surface area contributed by atoms with Crippen LogP contribution in [0.5, 0.6) is 11.5 Å². The Morgan fingerprint density at radius 3 is 2.76 bits per heavy atom. The van der Waals surface area contributed by atoms with Gasteiger partial charge in [0, 0.05) is 12.2 Å². The lowest BCUT2D eigenvalue weighted by Crippen LogP contribution is -2.40. The fraction of sp³-hybridized carbons (Fsp3) is 0.300. The number of carbonyl (C=O) groups excluding carboxylic acids is 2. The highest BCUT2D eigenvalue weighted by Gasteiger charge is 2.31. The molecule has 1 heterocycles. The van der Waals surface area contributed by atoms with E-state index < -0.39 is 9.70 Å². The number of amides is 2. The molecule has 6 nitrogen and oxygen atoms in total. The molecule has 0 atom stereocenters. The summed E-state index contributed by atoms with van der Waals surface area (Å²) in [5.74, 6) is 0.355. The first-order chi connectivity index (χ1) is 13.7. The van der Waals surface area contributed by atoms with Crippen LogP contribution in [0.4, 0.5) is 11.4 Å². The number of nitrogens with zero attached hydrogens (tertiary/aromatic N) is 1. The number of hydrogen-bond donors (Lipinski definition) is 1. The van der Waals surface area contributed by atoms with Crippen molar-refractivity contribution in [3.63, 3.8) is 0 Å². The average Bonchev–Trinajstić information content (AvgIpc) is 2.66. The number of benzene rings is 2. The third-order valence-electron chi connectivity index (χ3n) is 4.20. The van der Waals surface area contributed by atoms with Crippen molar-refractivity contribution in [2.24, 2.45) is 0 Å². The molecule has 0 aliphatic carbocycles. The van der Waals surface area contributed by atoms with Crippen LogP contribution in [0.1, 0.15) is 12.0 Å². The second-order valence-electron chi connectivity index (χ2n) is 6.49. The molecule has 0 bridgehead atoms. The molecular formula is C20H19Cl3N2O4. The van der Waals surface area contributed by atoms with Gasteiger partial charge in [-0.1, -0.05) is 46.9 Å². The first-order valence-electron chi connectivity index (χ1n) is 8.89. The summed E-state index contributed by atoms with van der Waals surface area (Å²) in [7, 11) is 0. The number of fused-ring (bicyclic) bond motifs is 1. The second-order valence-corrected chi connectivity index (χ2v) is 8.77. The zero-order valence-corrected chi connectivity index (χ0v) is 17.9. The first kappa shape index (κ1) is 21.6. The number of aryl methyl sites for hydroxylation is 1. The Morgan fingerprint density at radius 1 is 1.24 bits per heavy atom. The number of anilines is 2. The van der Waals surface area contributed by atoms with Gasteiger partial charge in [0.15, 0.2) is 6.61 Å². The van der Waals surface area contributed by atoms with Gasteiger partial charge in [-0.25, -0.2) is 0 Å². The Labute approximate surface area is 183 Å². The van der Waals surface area contributed by atoms with Crippen LogP contribution in [0.3, 0.4) is 0 Å². The van der Waals surface area contributed by atoms with Crippen molar-refractivity contribution >= 4 is 58.0 Å². The molecule has 9 heteroatoms. The maximum Gasteiger partial charge on any atom is 0.276 e. The molecule has 154 valence electrons. The van der Waals surface area contributed by atoms with Gasteiger partial charge in [0.2, 0.25) is 0 Å². The largest absolute Gasteiger partial charge is 0.494 e. The van der Waals surface area contributed by atoms with Crippen molar-refractivity contribution in [1.29, 1.82) is 0 Å². The van der Waals surface area contributed by atoms with Crippen molar-refractivity contribution in [2.75, 3.05) is 30.0 Å². The highest BCUT2D eigenvalue weighted by molar-refractivity contribution is 6.76. The van der Waals surface area contributed by atoms with E-state index in [2.05, 4.69) is 5.32 Å². The zero-order valence-electron chi connectivity index (χ0n) is 15.6. The molecule has 0 unspecified atom stereocenters. The Balaban J connectivity index is 1.66. The van der Waals surface area contributed by atoms with Crippen LogP contribution in [0.2, 0.25) is 0 Å². The van der Waals surface area contributed by atoms with Crippen molar-refractivity contribution in [3.05, 3.63) is 48.0 Å². The molecule has 0 spiro atoms. The van der Waals surface area contributed by atoms with Crippen LogP contribution in [0.15, 0.2) is 42.5 Å². The Hall–Kier alpha value is -2.15. The molecule has 29 heavy (non-hydrogen) atoms. The number of halogens is 3. The maximum atomic E-state index is 12.4. The Kier molecular flexibility index (Phi) is 6.77. The van der Waals surface area contributed by atoms with E-state index >= 15 is 0 Å². The minimum Gasteiger partial charge on any atom is -0.494 e. The van der Waals surface area contributed by atoms with Gasteiger partial charge < -0.3 is 19.7 Å². The predicted octanol–water partition coefficient (Wildman–Crippen LogP) is 4.50. The quantitative estimate of drug-likeness (QED) is 0.512. The number of ether oxygens (including phenoxy) is 2. The van der Waals surface area contributed by atoms with Crippen LogP contribution >= 0.6 is 34.8 Å². The molecule has 0 radical (unpaired) electrons. The molecule has 1 aliphatic rings. The van der Waals surface area contributed by atoms with Crippen LogP contribution in [0, 0.1) is 6.92 Å². The summed E-state index contributed by atoms with van der Waals surface area (Å²) in [5, 5.41) is 2.51. The summed E-state index contributed by atoms with van der Waals surface area (Å²) < 4.78 is 9.13. The molecule has 2 aromatic rings. The standard InChI is InChI=1S/C20H19Cl3N2O4/c1-13-4-2-5-15(10-13)28-9-3-8-25-16-11-14(24-19(27)20(21,22)23)6-7-17(16)29-12-18(25)26/h2,4-7,10-11H,3,8-9,12H2,1H3,(H,24,27). The minimum atomic E-state index is -2.09. The molecule has 0 saturated carbocycles. The maximum absolute atomic E-state index is 12.4. The minimum absolute atomic E-state index is 0.0500. The van der Waals surface area contributed by atoms with Gasteiger partial charge >= 0.3 is 0 Å². The van der Waals surface area contributed by atoms with Gasteiger partial charge in [-0.15, -0.1) is 0 Å². The lowest BCUT2D eigenvalue weighted by Gasteiger charge is -2.30. The van der Waals surface area contributed by atoms with Crippen LogP contribution < -0.4 is 19.7 Å². The van der Waals surface area contributed by atoms with E-state index in [1.165, 1.54) is 0 Å². The van der Waals surface area contributed by atoms with E-state index in [1.807, 2.05) is 31.2 Å². The molecule has 2 aromatic carbocycles. The number of hydrogen-bond acceptors (Lipinski definition) is 4. The highest BCUT2D eigenvalue weighted by Crippen LogP contribution is 2.35. The van der Waals surface area contributed by atoms with Crippen molar-refractivity contribution in [3.8, 4) is 11.5 Å². The van der Waals surface area contributed by atoms with Crippen LogP contribution in [0.25, 0.3) is 0 Å². The van der Waals surface area contributed by atoms with Crippen molar-refractivity contribution < 1.29 is 19.1 Å². The van der Waals surface area contributed by atoms with Crippen LogP contribution in [-0.2, 0) is 9.59 Å². The fourth-order valence-electron chi connectivity index (χ4n) is 2.84. The molecule has 3 rings (SSSR count). The first-order valence-corrected chi connectivity index (χ1v) is 10.0. The summed E-state index contributed by atoms with van der Waals surface area (Å²) in [6.45, 7) is 2.83. The third kappa shape index (κ3) is 5.69. The van der Waals surface area contributed by atoms with E-state index in [1.54, 1.807) is 23.1 Å². The molecule has 2 amide bonds. The predicted molar refractivity (Wildman–Crippen MR) is 115 cm³/mol. The average molecular weight is 458 g/mol. The third-order valence-corrected chi connectivity index (χ3v) is 4.72. The summed E-state index contributed by atoms with van der Waals surface area (Å²) in [6.07, 6.45) is 0.615. The normalized spacial score (nSPS) is 13.5. The Bertz CT molecular complexity index is 915. The summed E-state index contributed by atoms with van der Waals surface area (Å²) in [5.41, 5.74) is 2.04. The smallest absolute Gasteiger partial charge is 0.276 e. The number of rotatable bonds is 6. The summed E-state index contributed by atoms with van der Waals surface area (Å²) in [6, 6.07) is 12.7. The summed E-state index contributed by atoms with van der Waals surface area (Å²) in [4.78, 5) is 25.9. The second kappa shape index (κ2) is 9.11. The van der Waals surface area contributed by atoms with Crippen molar-refractivity contribution in [2.45, 2.75) is 17.1 Å². The number of alkyl halides is 3. The van der Waals surface area contributed by atoms with E-state index in [0.29, 0.717) is 36.7 Å². The van der Waals surface area contributed by atoms with E-state index in [9.17, 15) is 9.59 Å². The van der Waals surface area contributed by atoms with Crippen molar-refractivity contribution in [1.82, 2.24) is 0 Å². The molecule has 1 aliphatic heterocycles. The van der Waals surface area contributed by atoms with Gasteiger partial charge in [-0.05, 0) is 49.2 Å². The SMILES string of the molecule is Cc1cccc(OCCCN2C(=O)COc3ccc(NC(=O)C(Cl)(Cl)Cl)cc32)c1. The van der Waals surface area contributed by atoms with Gasteiger partial charge in [0.05, 0.1) is 12.3 Å². The molecule has 0 aromatic heterocycles. The van der Waals surface area contributed by atoms with Gasteiger partial charge in [-0.3, -0.25) is 9.59 Å². The molecule has 1 N–H and O–H groups in total. The van der Waals surface area contributed by atoms with Crippen LogP contribution in [-0.4, -0.2) is 35.4 Å². The Morgan fingerprint density at radius 2 is 2.03 bits per heavy atom. The van der Waals surface area contributed by atoms with E-state index in [-0.39, 0.29) is 12.5 Å². The van der Waals surface area contributed by atoms with Gasteiger partial charge in [-0.2, -0.15) is 0 Å². The van der Waals surface area contributed by atoms with Gasteiger partial charge in [0.1, 0.15) is 11.5 Å². The van der Waals surface area contributed by atoms with Gasteiger partial charge in [0.25, 0.3) is 15.6 Å². The lowest BCUT2D eigenvalue weighted by atomic mass is 10.2. The number of carbonyl (C=O) groups is 2. The zero-order chi connectivity index (χ0) is 21.0. The van der Waals surface area contributed by atoms with E-state index in [0.717, 1.165) is 11.3 Å². The molecular weight excluding hydrogens is 439 g/mol. The highest BCUT2D eigenvalue weighted by atomic mass is 35.6. The topological polar surface area (TPSA) is 67.9 Å².